The number of amides is 1. The molecule has 0 aliphatic heterocycles. The smallest absolute Gasteiger partial charge is 0.424 e. The van der Waals surface area contributed by atoms with Crippen LogP contribution < -0.4 is 5.84 Å². The van der Waals surface area contributed by atoms with Crippen molar-refractivity contribution in [2.24, 2.45) is 5.84 Å². The molecule has 0 unspecified atom stereocenters. The standard InChI is InChI=1S/C10H11N3O6/c11-12(5-9(14)15)10(16)19-6-7-1-3-8(4-2-7)13(17)18/h1-4H,5-6,11H2,(H,14,15). The van der Waals surface area contributed by atoms with E-state index in [9.17, 15) is 19.7 Å². The number of hydrogen-bond donors (Lipinski definition) is 2. The molecule has 9 nitrogen and oxygen atoms in total. The van der Waals surface area contributed by atoms with Gasteiger partial charge < -0.3 is 9.84 Å². The molecule has 1 aromatic carbocycles. The van der Waals surface area contributed by atoms with Crippen molar-refractivity contribution in [2.75, 3.05) is 6.54 Å². The number of hydrogen-bond acceptors (Lipinski definition) is 6. The molecule has 0 fully saturated rings. The second-order valence-corrected chi connectivity index (χ2v) is 3.50. The lowest BCUT2D eigenvalue weighted by molar-refractivity contribution is -0.384. The number of carboxylic acid groups (broad SMARTS) is 1. The topological polar surface area (TPSA) is 136 Å². The second kappa shape index (κ2) is 6.31. The molecule has 19 heavy (non-hydrogen) atoms. The summed E-state index contributed by atoms with van der Waals surface area (Å²) >= 11 is 0. The number of ether oxygens (including phenoxy) is 1. The van der Waals surface area contributed by atoms with Gasteiger partial charge in [0, 0.05) is 12.1 Å². The highest BCUT2D eigenvalue weighted by Crippen LogP contribution is 2.12. The van der Waals surface area contributed by atoms with Gasteiger partial charge in [0.2, 0.25) is 0 Å². The Morgan fingerprint density at radius 1 is 1.37 bits per heavy atom. The summed E-state index contributed by atoms with van der Waals surface area (Å²) in [6, 6.07) is 5.37. The summed E-state index contributed by atoms with van der Waals surface area (Å²) in [7, 11) is 0. The van der Waals surface area contributed by atoms with Crippen LogP contribution in [0.1, 0.15) is 5.56 Å². The lowest BCUT2D eigenvalue weighted by Crippen LogP contribution is -2.41. The number of carbonyl (C=O) groups is 2. The Morgan fingerprint density at radius 3 is 2.42 bits per heavy atom. The number of nitrogens with zero attached hydrogens (tertiary/aromatic N) is 2. The minimum atomic E-state index is -1.27. The van der Waals surface area contributed by atoms with Gasteiger partial charge in [0.25, 0.3) is 5.69 Å². The van der Waals surface area contributed by atoms with E-state index in [0.717, 1.165) is 0 Å². The van der Waals surface area contributed by atoms with Gasteiger partial charge >= 0.3 is 12.1 Å². The zero-order valence-electron chi connectivity index (χ0n) is 9.68. The Labute approximate surface area is 107 Å². The molecule has 0 saturated carbocycles. The van der Waals surface area contributed by atoms with Crippen LogP contribution in [-0.2, 0) is 16.1 Å². The van der Waals surface area contributed by atoms with Crippen LogP contribution in [0.2, 0.25) is 0 Å². The second-order valence-electron chi connectivity index (χ2n) is 3.50. The van der Waals surface area contributed by atoms with Crippen LogP contribution in [-0.4, -0.2) is 33.6 Å². The molecule has 1 aromatic rings. The average molecular weight is 269 g/mol. The van der Waals surface area contributed by atoms with Crippen molar-refractivity contribution in [1.29, 1.82) is 0 Å². The van der Waals surface area contributed by atoms with Gasteiger partial charge in [-0.3, -0.25) is 14.9 Å². The first kappa shape index (κ1) is 14.4. The van der Waals surface area contributed by atoms with Crippen molar-refractivity contribution >= 4 is 17.7 Å². The Morgan fingerprint density at radius 2 is 1.95 bits per heavy atom. The van der Waals surface area contributed by atoms with E-state index < -0.39 is 23.5 Å². The first-order chi connectivity index (χ1) is 8.90. The van der Waals surface area contributed by atoms with E-state index in [4.69, 9.17) is 15.7 Å². The summed E-state index contributed by atoms with van der Waals surface area (Å²) in [6.07, 6.45) is -0.999. The normalized spacial score (nSPS) is 9.74. The number of non-ortho nitro benzene ring substituents is 1. The molecule has 0 spiro atoms. The van der Waals surface area contributed by atoms with Crippen molar-refractivity contribution < 1.29 is 24.4 Å². The van der Waals surface area contributed by atoms with E-state index in [0.29, 0.717) is 10.6 Å². The molecule has 0 heterocycles. The van der Waals surface area contributed by atoms with Gasteiger partial charge in [-0.05, 0) is 17.7 Å². The Kier molecular flexibility index (Phi) is 4.77. The molecule has 1 amide bonds. The zero-order valence-corrected chi connectivity index (χ0v) is 9.68. The molecule has 1 rings (SSSR count). The lowest BCUT2D eigenvalue weighted by Gasteiger charge is -2.13. The fourth-order valence-electron chi connectivity index (χ4n) is 1.15. The maximum Gasteiger partial charge on any atom is 0.424 e. The molecule has 3 N–H and O–H groups in total. The SMILES string of the molecule is NN(CC(=O)O)C(=O)OCc1ccc([N+](=O)[O-])cc1. The summed E-state index contributed by atoms with van der Waals surface area (Å²) in [5.74, 6) is 3.87. The molecule has 0 aliphatic rings. The number of carbonyl (C=O) groups excluding carboxylic acids is 1. The highest BCUT2D eigenvalue weighted by atomic mass is 16.6. The van der Waals surface area contributed by atoms with Gasteiger partial charge in [0.1, 0.15) is 13.2 Å². The number of nitro benzene ring substituents is 1. The van der Waals surface area contributed by atoms with Crippen LogP contribution in [0.3, 0.4) is 0 Å². The fourth-order valence-corrected chi connectivity index (χ4v) is 1.15. The fraction of sp³-hybridized carbons (Fsp3) is 0.200. The van der Waals surface area contributed by atoms with E-state index in [2.05, 4.69) is 0 Å². The van der Waals surface area contributed by atoms with Crippen molar-refractivity contribution in [3.8, 4) is 0 Å². The average Bonchev–Trinajstić information content (AvgIpc) is 2.35. The van der Waals surface area contributed by atoms with Crippen molar-refractivity contribution in [1.82, 2.24) is 5.01 Å². The van der Waals surface area contributed by atoms with Gasteiger partial charge in [-0.15, -0.1) is 0 Å². The van der Waals surface area contributed by atoms with Crippen molar-refractivity contribution in [3.05, 3.63) is 39.9 Å². The molecule has 102 valence electrons. The van der Waals surface area contributed by atoms with E-state index >= 15 is 0 Å². The predicted molar refractivity (Wildman–Crippen MR) is 61.8 cm³/mol. The first-order valence-corrected chi connectivity index (χ1v) is 5.04. The van der Waals surface area contributed by atoms with Gasteiger partial charge in [0.05, 0.1) is 4.92 Å². The highest BCUT2D eigenvalue weighted by Gasteiger charge is 2.14. The number of rotatable bonds is 5. The van der Waals surface area contributed by atoms with E-state index in [1.165, 1.54) is 24.3 Å². The number of carboxylic acids is 1. The number of aliphatic carboxylic acids is 1. The summed E-state index contributed by atoms with van der Waals surface area (Å²) in [4.78, 5) is 31.4. The minimum Gasteiger partial charge on any atom is -0.480 e. The van der Waals surface area contributed by atoms with Crippen LogP contribution in [0, 0.1) is 10.1 Å². The Balaban J connectivity index is 2.50. The van der Waals surface area contributed by atoms with Gasteiger partial charge in [0.15, 0.2) is 0 Å². The van der Waals surface area contributed by atoms with Crippen LogP contribution in [0.5, 0.6) is 0 Å². The molecule has 0 aromatic heterocycles. The zero-order chi connectivity index (χ0) is 14.4. The van der Waals surface area contributed by atoms with Crippen LogP contribution in [0.15, 0.2) is 24.3 Å². The summed E-state index contributed by atoms with van der Waals surface area (Å²) in [6.45, 7) is -0.844. The molecule has 9 heteroatoms. The minimum absolute atomic E-state index is 0.0820. The van der Waals surface area contributed by atoms with Crippen LogP contribution in [0.25, 0.3) is 0 Å². The summed E-state index contributed by atoms with van der Waals surface area (Å²) in [5, 5.41) is 19.2. The maximum atomic E-state index is 11.2. The van der Waals surface area contributed by atoms with Gasteiger partial charge in [-0.1, -0.05) is 0 Å². The summed E-state index contributed by atoms with van der Waals surface area (Å²) in [5.41, 5.74) is 0.434. The van der Waals surface area contributed by atoms with E-state index in [-0.39, 0.29) is 12.3 Å². The molecular formula is C10H11N3O6. The molecule has 0 bridgehead atoms. The number of nitrogens with two attached hydrogens (primary N) is 1. The number of nitro groups is 1. The van der Waals surface area contributed by atoms with Gasteiger partial charge in [-0.2, -0.15) is 0 Å². The quantitative estimate of drug-likeness (QED) is 0.343. The van der Waals surface area contributed by atoms with Crippen molar-refractivity contribution in [3.63, 3.8) is 0 Å². The largest absolute Gasteiger partial charge is 0.480 e. The number of benzene rings is 1. The first-order valence-electron chi connectivity index (χ1n) is 5.04. The Bertz CT molecular complexity index is 487. The molecule has 0 saturated heterocycles. The predicted octanol–water partition coefficient (Wildman–Crippen LogP) is 0.492. The molecular weight excluding hydrogens is 258 g/mol. The summed E-state index contributed by atoms with van der Waals surface area (Å²) < 4.78 is 4.72. The van der Waals surface area contributed by atoms with Crippen LogP contribution in [0.4, 0.5) is 10.5 Å². The van der Waals surface area contributed by atoms with Crippen LogP contribution >= 0.6 is 0 Å². The van der Waals surface area contributed by atoms with E-state index in [1.807, 2.05) is 0 Å². The number of hydrazine groups is 1. The monoisotopic (exact) mass is 269 g/mol. The molecule has 0 radical (unpaired) electrons. The van der Waals surface area contributed by atoms with Gasteiger partial charge in [-0.25, -0.2) is 15.6 Å². The third kappa shape index (κ3) is 4.60. The Hall–Kier alpha value is -2.68. The highest BCUT2D eigenvalue weighted by molar-refractivity contribution is 5.76. The molecule has 0 atom stereocenters. The lowest BCUT2D eigenvalue weighted by atomic mass is 10.2. The third-order valence-corrected chi connectivity index (χ3v) is 2.05. The van der Waals surface area contributed by atoms with Crippen molar-refractivity contribution in [2.45, 2.75) is 6.61 Å². The van der Waals surface area contributed by atoms with E-state index in [1.54, 1.807) is 0 Å². The maximum absolute atomic E-state index is 11.2. The molecule has 0 aliphatic carbocycles. The third-order valence-electron chi connectivity index (χ3n) is 2.05.